The van der Waals surface area contributed by atoms with Crippen molar-refractivity contribution in [1.29, 1.82) is 0 Å². The molecule has 0 spiro atoms. The van der Waals surface area contributed by atoms with Gasteiger partial charge in [-0.15, -0.1) is 5.10 Å². The maximum absolute atomic E-state index is 11.3. The molecule has 84 valence electrons. The number of nitrogens with zero attached hydrogens (tertiary/aromatic N) is 3. The Labute approximate surface area is 91.2 Å². The third-order valence-corrected chi connectivity index (χ3v) is 4.40. The first-order valence-electron chi connectivity index (χ1n) is 5.02. The normalized spacial score (nSPS) is 31.7. The number of rotatable bonds is 3. The van der Waals surface area contributed by atoms with E-state index in [2.05, 4.69) is 20.6 Å². The Morgan fingerprint density at radius 2 is 2.20 bits per heavy atom. The predicted molar refractivity (Wildman–Crippen MR) is 56.5 cm³/mol. The molecule has 0 unspecified atom stereocenters. The van der Waals surface area contributed by atoms with Crippen LogP contribution in [0.4, 0.5) is 0 Å². The van der Waals surface area contributed by atoms with E-state index < -0.39 is 11.2 Å². The highest BCUT2D eigenvalue weighted by molar-refractivity contribution is 7.91. The summed E-state index contributed by atoms with van der Waals surface area (Å²) in [6, 6.07) is 0. The van der Waals surface area contributed by atoms with Crippen LogP contribution < -0.4 is 5.73 Å². The van der Waals surface area contributed by atoms with E-state index in [0.717, 1.165) is 36.6 Å². The minimum Gasteiger partial charge on any atom is -0.616 e. The Kier molecular flexibility index (Phi) is 3.22. The zero-order valence-electron chi connectivity index (χ0n) is 8.48. The summed E-state index contributed by atoms with van der Waals surface area (Å²) in [6.07, 6.45) is 2.56. The Morgan fingerprint density at radius 1 is 1.47 bits per heavy atom. The van der Waals surface area contributed by atoms with Gasteiger partial charge in [0.2, 0.25) is 0 Å². The third-order valence-electron chi connectivity index (χ3n) is 3.08. The monoisotopic (exact) mass is 229 g/mol. The maximum Gasteiger partial charge on any atom is 0.149 e. The second-order valence-electron chi connectivity index (χ2n) is 4.08. The van der Waals surface area contributed by atoms with Crippen LogP contribution in [0, 0.1) is 5.41 Å². The first-order valence-corrected chi connectivity index (χ1v) is 6.51. The lowest BCUT2D eigenvalue weighted by Gasteiger charge is -2.35. The zero-order valence-corrected chi connectivity index (χ0v) is 9.29. The molecule has 1 aliphatic rings. The molecule has 2 rings (SSSR count). The van der Waals surface area contributed by atoms with Crippen molar-refractivity contribution in [2.45, 2.75) is 19.3 Å². The molecule has 0 radical (unpaired) electrons. The molecule has 2 heterocycles. The van der Waals surface area contributed by atoms with E-state index in [1.54, 1.807) is 0 Å². The second kappa shape index (κ2) is 4.46. The molecule has 0 bridgehead atoms. The van der Waals surface area contributed by atoms with Crippen molar-refractivity contribution >= 4 is 11.2 Å². The molecule has 0 saturated carbocycles. The fourth-order valence-corrected chi connectivity index (χ4v) is 3.48. The molecule has 1 aromatic heterocycles. The number of hydrogen-bond donors (Lipinski definition) is 2. The number of tetrazole rings is 1. The van der Waals surface area contributed by atoms with E-state index >= 15 is 0 Å². The number of nitrogens with one attached hydrogen (secondary N) is 1. The summed E-state index contributed by atoms with van der Waals surface area (Å²) >= 11 is -0.654. The summed E-state index contributed by atoms with van der Waals surface area (Å²) < 4.78 is 11.3. The molecule has 0 atom stereocenters. The van der Waals surface area contributed by atoms with Crippen LogP contribution in [-0.2, 0) is 17.6 Å². The topological polar surface area (TPSA) is 104 Å². The molecule has 3 N–H and O–H groups in total. The van der Waals surface area contributed by atoms with Gasteiger partial charge in [-0.25, -0.2) is 5.10 Å². The van der Waals surface area contributed by atoms with Crippen LogP contribution in [0.1, 0.15) is 18.7 Å². The summed E-state index contributed by atoms with van der Waals surface area (Å²) in [4.78, 5) is 0. The van der Waals surface area contributed by atoms with Gasteiger partial charge in [-0.3, -0.25) is 0 Å². The van der Waals surface area contributed by atoms with E-state index in [1.165, 1.54) is 0 Å². The summed E-state index contributed by atoms with van der Waals surface area (Å²) in [6.45, 7) is 0.602. The van der Waals surface area contributed by atoms with Crippen LogP contribution in [0.3, 0.4) is 0 Å². The van der Waals surface area contributed by atoms with Crippen LogP contribution in [0.5, 0.6) is 0 Å². The van der Waals surface area contributed by atoms with Crippen molar-refractivity contribution in [2.24, 2.45) is 11.1 Å². The molecule has 15 heavy (non-hydrogen) atoms. The van der Waals surface area contributed by atoms with Crippen molar-refractivity contribution in [3.05, 3.63) is 5.82 Å². The van der Waals surface area contributed by atoms with E-state index in [-0.39, 0.29) is 5.41 Å². The van der Waals surface area contributed by atoms with Gasteiger partial charge in [0, 0.05) is 6.42 Å². The Hall–Kier alpha value is -0.660. The Bertz CT molecular complexity index is 296. The number of H-pyrrole nitrogens is 1. The largest absolute Gasteiger partial charge is 0.616 e. The fourth-order valence-electron chi connectivity index (χ4n) is 1.95. The SMILES string of the molecule is NCC1(Cc2nnn[nH]2)CC[S+]([O-])CC1. The fraction of sp³-hybridized carbons (Fsp3) is 0.875. The highest BCUT2D eigenvalue weighted by Gasteiger charge is 2.36. The van der Waals surface area contributed by atoms with Gasteiger partial charge in [0.25, 0.3) is 0 Å². The molecule has 7 heteroatoms. The average molecular weight is 229 g/mol. The van der Waals surface area contributed by atoms with Crippen molar-refractivity contribution < 1.29 is 4.55 Å². The number of aromatic nitrogens is 4. The van der Waals surface area contributed by atoms with Gasteiger partial charge >= 0.3 is 0 Å². The lowest BCUT2D eigenvalue weighted by atomic mass is 9.79. The van der Waals surface area contributed by atoms with Crippen LogP contribution in [0.15, 0.2) is 0 Å². The predicted octanol–water partition coefficient (Wildman–Crippen LogP) is -0.770. The third kappa shape index (κ3) is 2.47. The lowest BCUT2D eigenvalue weighted by Crippen LogP contribution is -2.41. The van der Waals surface area contributed by atoms with Crippen molar-refractivity contribution in [2.75, 3.05) is 18.1 Å². The van der Waals surface area contributed by atoms with Gasteiger partial charge in [-0.05, 0) is 35.2 Å². The number of aromatic amines is 1. The highest BCUT2D eigenvalue weighted by Crippen LogP contribution is 2.34. The molecular weight excluding hydrogens is 214 g/mol. The summed E-state index contributed by atoms with van der Waals surface area (Å²) in [5.41, 5.74) is 5.86. The van der Waals surface area contributed by atoms with Gasteiger partial charge in [0.05, 0.1) is 0 Å². The van der Waals surface area contributed by atoms with Crippen molar-refractivity contribution in [3.63, 3.8) is 0 Å². The van der Waals surface area contributed by atoms with Gasteiger partial charge in [-0.1, -0.05) is 11.2 Å². The molecule has 1 aromatic rings. The molecule has 1 fully saturated rings. The molecule has 1 aliphatic heterocycles. The van der Waals surface area contributed by atoms with Crippen LogP contribution in [-0.4, -0.2) is 43.2 Å². The van der Waals surface area contributed by atoms with Crippen LogP contribution in [0.2, 0.25) is 0 Å². The Morgan fingerprint density at radius 3 is 2.73 bits per heavy atom. The highest BCUT2D eigenvalue weighted by atomic mass is 32.2. The summed E-state index contributed by atoms with van der Waals surface area (Å²) in [5.74, 6) is 2.27. The molecule has 0 aliphatic carbocycles. The van der Waals surface area contributed by atoms with E-state index in [0.29, 0.717) is 6.54 Å². The first kappa shape index (κ1) is 10.8. The maximum atomic E-state index is 11.3. The summed E-state index contributed by atoms with van der Waals surface area (Å²) in [5, 5.41) is 13.7. The van der Waals surface area contributed by atoms with E-state index in [4.69, 9.17) is 5.73 Å². The van der Waals surface area contributed by atoms with Gasteiger partial charge in [-0.2, -0.15) is 0 Å². The molecule has 0 aromatic carbocycles. The number of hydrogen-bond acceptors (Lipinski definition) is 5. The van der Waals surface area contributed by atoms with Crippen molar-refractivity contribution in [3.8, 4) is 0 Å². The second-order valence-corrected chi connectivity index (χ2v) is 5.77. The van der Waals surface area contributed by atoms with Crippen LogP contribution in [0.25, 0.3) is 0 Å². The number of nitrogens with two attached hydrogens (primary N) is 1. The van der Waals surface area contributed by atoms with Gasteiger partial charge in [0.15, 0.2) is 0 Å². The average Bonchev–Trinajstić information content (AvgIpc) is 2.75. The minimum absolute atomic E-state index is 0.0368. The molecule has 1 saturated heterocycles. The first-order chi connectivity index (χ1) is 7.24. The smallest absolute Gasteiger partial charge is 0.149 e. The lowest BCUT2D eigenvalue weighted by molar-refractivity contribution is 0.258. The summed E-state index contributed by atoms with van der Waals surface area (Å²) in [7, 11) is 0. The Balaban J connectivity index is 2.02. The molecule has 0 amide bonds. The van der Waals surface area contributed by atoms with Gasteiger partial charge < -0.3 is 10.3 Å². The molecule has 6 nitrogen and oxygen atoms in total. The quantitative estimate of drug-likeness (QED) is 0.662. The molecular formula is C8H15N5OS. The zero-order chi connectivity index (χ0) is 10.7. The van der Waals surface area contributed by atoms with Crippen LogP contribution >= 0.6 is 0 Å². The van der Waals surface area contributed by atoms with Gasteiger partial charge in [0.1, 0.15) is 17.3 Å². The van der Waals surface area contributed by atoms with E-state index in [9.17, 15) is 4.55 Å². The van der Waals surface area contributed by atoms with Crippen molar-refractivity contribution in [1.82, 2.24) is 20.6 Å². The minimum atomic E-state index is -0.654. The van der Waals surface area contributed by atoms with E-state index in [1.807, 2.05) is 0 Å². The standard InChI is InChI=1S/C8H15N5OS/c9-6-8(1-3-15(14)4-2-8)5-7-10-12-13-11-7/h1-6,9H2,(H,10,11,12,13).